The van der Waals surface area contributed by atoms with Crippen LogP contribution in [0.15, 0.2) is 77.7 Å². The summed E-state index contributed by atoms with van der Waals surface area (Å²) in [5, 5.41) is 9.58. The first-order valence-corrected chi connectivity index (χ1v) is 11.4. The minimum atomic E-state index is -3.69. The summed E-state index contributed by atoms with van der Waals surface area (Å²) < 4.78 is 34.8. The first kappa shape index (κ1) is 20.4. The predicted octanol–water partition coefficient (Wildman–Crippen LogP) is 3.94. The molecule has 1 N–H and O–H groups in total. The van der Waals surface area contributed by atoms with E-state index < -0.39 is 10.0 Å². The van der Waals surface area contributed by atoms with Gasteiger partial charge in [0.05, 0.1) is 10.9 Å². The van der Waals surface area contributed by atoms with Crippen molar-refractivity contribution in [2.24, 2.45) is 0 Å². The van der Waals surface area contributed by atoms with E-state index in [-0.39, 0.29) is 23.3 Å². The lowest BCUT2D eigenvalue weighted by atomic mass is 10.0. The van der Waals surface area contributed by atoms with E-state index in [0.717, 1.165) is 22.4 Å². The lowest BCUT2D eigenvalue weighted by molar-refractivity contribution is 0.192. The summed E-state index contributed by atoms with van der Waals surface area (Å²) in [6.45, 7) is 2.56. The van der Waals surface area contributed by atoms with Crippen molar-refractivity contribution >= 4 is 10.0 Å². The number of aryl methyl sites for hydroxylation is 1. The van der Waals surface area contributed by atoms with Gasteiger partial charge in [-0.3, -0.25) is 0 Å². The average Bonchev–Trinajstić information content (AvgIpc) is 2.72. The van der Waals surface area contributed by atoms with Crippen molar-refractivity contribution in [3.63, 3.8) is 0 Å². The molecule has 0 aliphatic carbocycles. The van der Waals surface area contributed by atoms with E-state index in [0.29, 0.717) is 19.4 Å². The third-order valence-electron chi connectivity index (χ3n) is 5.45. The van der Waals surface area contributed by atoms with E-state index in [1.165, 1.54) is 0 Å². The van der Waals surface area contributed by atoms with Crippen LogP contribution in [0.2, 0.25) is 0 Å². The molecule has 1 aliphatic rings. The Balaban J connectivity index is 1.70. The molecule has 0 aromatic heterocycles. The van der Waals surface area contributed by atoms with Crippen LogP contribution >= 0.6 is 0 Å². The third-order valence-corrected chi connectivity index (χ3v) is 7.41. The molecule has 3 aromatic carbocycles. The van der Waals surface area contributed by atoms with Crippen LogP contribution in [-0.4, -0.2) is 37.0 Å². The average molecular weight is 424 g/mol. The van der Waals surface area contributed by atoms with Gasteiger partial charge in [0.25, 0.3) is 0 Å². The number of nitrogens with zero attached hydrogens (tertiary/aromatic N) is 1. The van der Waals surface area contributed by atoms with Crippen LogP contribution in [0.5, 0.6) is 11.5 Å². The number of hydrogen-bond acceptors (Lipinski definition) is 4. The van der Waals surface area contributed by atoms with Crippen LogP contribution in [0.25, 0.3) is 0 Å². The van der Waals surface area contributed by atoms with E-state index in [1.807, 2.05) is 55.5 Å². The largest absolute Gasteiger partial charge is 0.508 e. The molecule has 3 aromatic rings. The maximum absolute atomic E-state index is 13.6. The molecule has 0 radical (unpaired) electrons. The van der Waals surface area contributed by atoms with Crippen LogP contribution in [-0.2, 0) is 22.9 Å². The summed E-state index contributed by atoms with van der Waals surface area (Å²) in [5.74, 6) is 0.992. The second kappa shape index (κ2) is 8.50. The molecule has 0 unspecified atom stereocenters. The molecule has 0 saturated carbocycles. The fraction of sp³-hybridized carbons (Fsp3) is 0.250. The number of sulfonamides is 1. The number of rotatable bonds is 4. The predicted molar refractivity (Wildman–Crippen MR) is 116 cm³/mol. The van der Waals surface area contributed by atoms with E-state index in [2.05, 4.69) is 0 Å². The molecule has 4 rings (SSSR count). The van der Waals surface area contributed by atoms with Gasteiger partial charge in [0, 0.05) is 6.54 Å². The highest BCUT2D eigenvalue weighted by molar-refractivity contribution is 7.89. The van der Waals surface area contributed by atoms with Crippen molar-refractivity contribution < 1.29 is 18.3 Å². The molecule has 1 aliphatic heterocycles. The Bertz CT molecular complexity index is 1110. The summed E-state index contributed by atoms with van der Waals surface area (Å²) in [7, 11) is -3.69. The molecule has 5 nitrogen and oxygen atoms in total. The maximum Gasteiger partial charge on any atom is 0.243 e. The fourth-order valence-electron chi connectivity index (χ4n) is 3.76. The quantitative estimate of drug-likeness (QED) is 0.690. The molecule has 0 spiro atoms. The summed E-state index contributed by atoms with van der Waals surface area (Å²) in [6, 6.07) is 21.2. The second-order valence-electron chi connectivity index (χ2n) is 7.62. The van der Waals surface area contributed by atoms with Crippen molar-refractivity contribution in [2.45, 2.75) is 30.7 Å². The number of aromatic hydroxyl groups is 1. The van der Waals surface area contributed by atoms with E-state index in [4.69, 9.17) is 4.74 Å². The Kier molecular flexibility index (Phi) is 5.79. The van der Waals surface area contributed by atoms with Crippen LogP contribution < -0.4 is 4.74 Å². The summed E-state index contributed by atoms with van der Waals surface area (Å²) in [5.41, 5.74) is 2.96. The van der Waals surface area contributed by atoms with Crippen LogP contribution in [0.4, 0.5) is 0 Å². The van der Waals surface area contributed by atoms with Crippen molar-refractivity contribution in [3.05, 3.63) is 89.5 Å². The summed E-state index contributed by atoms with van der Waals surface area (Å²) in [4.78, 5) is 0.290. The van der Waals surface area contributed by atoms with Crippen molar-refractivity contribution in [1.82, 2.24) is 4.31 Å². The van der Waals surface area contributed by atoms with E-state index in [9.17, 15) is 13.5 Å². The van der Waals surface area contributed by atoms with Crippen molar-refractivity contribution in [3.8, 4) is 11.5 Å². The molecule has 1 heterocycles. The maximum atomic E-state index is 13.6. The highest BCUT2D eigenvalue weighted by Crippen LogP contribution is 2.27. The molecule has 6 heteroatoms. The third kappa shape index (κ3) is 4.35. The van der Waals surface area contributed by atoms with Gasteiger partial charge in [0.15, 0.2) is 0 Å². The molecule has 0 amide bonds. The number of benzene rings is 3. The van der Waals surface area contributed by atoms with Gasteiger partial charge in [0.2, 0.25) is 10.0 Å². The molecule has 30 heavy (non-hydrogen) atoms. The Morgan fingerprint density at radius 2 is 1.70 bits per heavy atom. The standard InChI is InChI=1S/C24H25NO4S/c1-18-6-12-23(13-7-18)30(27,28)25-15-14-20-4-2-3-5-24(20)29-17-21(25)16-19-8-10-22(26)11-9-19/h2-13,21,26H,14-17H2,1H3/t21-/m0/s1. The zero-order chi connectivity index (χ0) is 21.1. The van der Waals surface area contributed by atoms with Crippen molar-refractivity contribution in [1.29, 1.82) is 0 Å². The first-order chi connectivity index (χ1) is 14.4. The second-order valence-corrected chi connectivity index (χ2v) is 9.51. The first-order valence-electron chi connectivity index (χ1n) is 10.0. The van der Waals surface area contributed by atoms with E-state index in [1.54, 1.807) is 28.6 Å². The van der Waals surface area contributed by atoms with Crippen molar-refractivity contribution in [2.75, 3.05) is 13.2 Å². The smallest absolute Gasteiger partial charge is 0.243 e. The Morgan fingerprint density at radius 1 is 1.00 bits per heavy atom. The van der Waals surface area contributed by atoms with Gasteiger partial charge < -0.3 is 9.84 Å². The number of para-hydroxylation sites is 1. The lowest BCUT2D eigenvalue weighted by Crippen LogP contribution is -2.46. The fourth-order valence-corrected chi connectivity index (χ4v) is 5.37. The Hall–Kier alpha value is -2.83. The molecule has 0 bridgehead atoms. The van der Waals surface area contributed by atoms with Gasteiger partial charge in [-0.05, 0) is 61.2 Å². The molecule has 1 atom stereocenters. The minimum absolute atomic E-state index is 0.186. The Labute approximate surface area is 177 Å². The molecule has 156 valence electrons. The van der Waals surface area contributed by atoms with Gasteiger partial charge >= 0.3 is 0 Å². The van der Waals surface area contributed by atoms with Crippen LogP contribution in [0.3, 0.4) is 0 Å². The number of phenolic OH excluding ortho intramolecular Hbond substituents is 1. The topological polar surface area (TPSA) is 66.8 Å². The number of fused-ring (bicyclic) bond motifs is 1. The molecular formula is C24H25NO4S. The monoisotopic (exact) mass is 423 g/mol. The zero-order valence-electron chi connectivity index (χ0n) is 16.9. The van der Waals surface area contributed by atoms with Crippen LogP contribution in [0, 0.1) is 6.92 Å². The normalized spacial score (nSPS) is 17.4. The lowest BCUT2D eigenvalue weighted by Gasteiger charge is -2.33. The number of hydrogen-bond donors (Lipinski definition) is 1. The summed E-state index contributed by atoms with van der Waals surface area (Å²) >= 11 is 0. The molecule has 0 saturated heterocycles. The SMILES string of the molecule is Cc1ccc(S(=O)(=O)N2CCc3ccccc3OC[C@@H]2Cc2ccc(O)cc2)cc1. The van der Waals surface area contributed by atoms with Gasteiger partial charge in [-0.15, -0.1) is 0 Å². The number of ether oxygens (including phenoxy) is 1. The van der Waals surface area contributed by atoms with Crippen LogP contribution in [0.1, 0.15) is 16.7 Å². The summed E-state index contributed by atoms with van der Waals surface area (Å²) in [6.07, 6.45) is 1.07. The van der Waals surface area contributed by atoms with Gasteiger partial charge in [-0.1, -0.05) is 48.0 Å². The molecule has 0 fully saturated rings. The number of phenols is 1. The highest BCUT2D eigenvalue weighted by Gasteiger charge is 2.33. The molecular weight excluding hydrogens is 398 g/mol. The zero-order valence-corrected chi connectivity index (χ0v) is 17.7. The van der Waals surface area contributed by atoms with Gasteiger partial charge in [-0.2, -0.15) is 4.31 Å². The van der Waals surface area contributed by atoms with Gasteiger partial charge in [-0.25, -0.2) is 8.42 Å². The van der Waals surface area contributed by atoms with Gasteiger partial charge in [0.1, 0.15) is 18.1 Å². The Morgan fingerprint density at radius 3 is 2.43 bits per heavy atom. The minimum Gasteiger partial charge on any atom is -0.508 e. The highest BCUT2D eigenvalue weighted by atomic mass is 32.2. The van der Waals surface area contributed by atoms with E-state index >= 15 is 0 Å².